The summed E-state index contributed by atoms with van der Waals surface area (Å²) in [6.07, 6.45) is 0. The number of aryl methyl sites for hydroxylation is 1. The Morgan fingerprint density at radius 3 is 2.39 bits per heavy atom. The van der Waals surface area contributed by atoms with E-state index in [9.17, 15) is 4.79 Å². The molecule has 0 spiro atoms. The van der Waals surface area contributed by atoms with Gasteiger partial charge in [-0.05, 0) is 36.8 Å². The number of rotatable bonds is 7. The van der Waals surface area contributed by atoms with Crippen molar-refractivity contribution in [1.29, 1.82) is 0 Å². The van der Waals surface area contributed by atoms with Gasteiger partial charge in [-0.1, -0.05) is 28.1 Å². The van der Waals surface area contributed by atoms with Gasteiger partial charge < -0.3 is 14.3 Å². The number of ether oxygens (including phenoxy) is 1. The van der Waals surface area contributed by atoms with Crippen molar-refractivity contribution in [3.8, 4) is 16.9 Å². The van der Waals surface area contributed by atoms with Crippen molar-refractivity contribution in [2.24, 2.45) is 0 Å². The van der Waals surface area contributed by atoms with Crippen molar-refractivity contribution in [1.82, 2.24) is 9.80 Å². The maximum Gasteiger partial charge on any atom is 0.200 e. The minimum absolute atomic E-state index is 0.0339. The van der Waals surface area contributed by atoms with E-state index in [-0.39, 0.29) is 12.0 Å². The highest BCUT2D eigenvalue weighted by Crippen LogP contribution is 2.27. The normalized spacial score (nSPS) is 15.5. The van der Waals surface area contributed by atoms with Gasteiger partial charge in [0.25, 0.3) is 0 Å². The molecule has 1 aromatic heterocycles. The van der Waals surface area contributed by atoms with Crippen molar-refractivity contribution in [3.05, 3.63) is 62.9 Å². The third-order valence-corrected chi connectivity index (χ3v) is 6.26. The lowest BCUT2D eigenvalue weighted by atomic mass is 10.0. The van der Waals surface area contributed by atoms with E-state index in [1.807, 2.05) is 37.3 Å². The molecule has 0 amide bonds. The summed E-state index contributed by atoms with van der Waals surface area (Å²) in [5.41, 5.74) is 1.94. The third-order valence-electron chi connectivity index (χ3n) is 5.73. The van der Waals surface area contributed by atoms with Gasteiger partial charge in [-0.3, -0.25) is 14.6 Å². The van der Waals surface area contributed by atoms with Crippen molar-refractivity contribution in [2.75, 3.05) is 52.5 Å². The number of halogens is 1. The molecule has 0 bridgehead atoms. The van der Waals surface area contributed by atoms with E-state index in [1.54, 1.807) is 12.1 Å². The fraction of sp³-hybridized carbons (Fsp3) is 0.375. The summed E-state index contributed by atoms with van der Waals surface area (Å²) in [6.45, 7) is 8.11. The first-order chi connectivity index (χ1) is 15.0. The second-order valence-corrected chi connectivity index (χ2v) is 8.70. The average molecular weight is 487 g/mol. The average Bonchev–Trinajstić information content (AvgIpc) is 2.76. The number of nitrogens with zero attached hydrogens (tertiary/aromatic N) is 2. The van der Waals surface area contributed by atoms with Crippen LogP contribution in [0.3, 0.4) is 0 Å². The molecule has 3 aromatic rings. The number of β-amino-alcohol motifs (C(OH)–C–C–N with tert-alkyl or cyclic N) is 1. The van der Waals surface area contributed by atoms with Crippen LogP contribution >= 0.6 is 15.9 Å². The second-order valence-electron chi connectivity index (χ2n) is 7.78. The second kappa shape index (κ2) is 9.96. The first-order valence-electron chi connectivity index (χ1n) is 10.6. The molecule has 1 fully saturated rings. The lowest BCUT2D eigenvalue weighted by Crippen LogP contribution is -2.48. The van der Waals surface area contributed by atoms with Crippen LogP contribution in [0.4, 0.5) is 0 Å². The molecule has 2 aromatic carbocycles. The molecule has 1 N–H and O–H groups in total. The van der Waals surface area contributed by atoms with Crippen LogP contribution in [0.2, 0.25) is 0 Å². The molecular weight excluding hydrogens is 460 g/mol. The predicted octanol–water partition coefficient (Wildman–Crippen LogP) is 3.52. The number of hydrogen-bond acceptors (Lipinski definition) is 6. The van der Waals surface area contributed by atoms with Gasteiger partial charge in [0.15, 0.2) is 0 Å². The topological polar surface area (TPSA) is 66.2 Å². The van der Waals surface area contributed by atoms with E-state index in [2.05, 4.69) is 25.7 Å². The number of aliphatic hydroxyl groups is 1. The van der Waals surface area contributed by atoms with Crippen LogP contribution in [-0.2, 0) is 0 Å². The van der Waals surface area contributed by atoms with Gasteiger partial charge in [-0.15, -0.1) is 0 Å². The van der Waals surface area contributed by atoms with Crippen LogP contribution in [0, 0.1) is 6.92 Å². The molecule has 1 aliphatic heterocycles. The largest absolute Gasteiger partial charge is 0.492 e. The van der Waals surface area contributed by atoms with Crippen molar-refractivity contribution in [3.63, 3.8) is 0 Å². The lowest BCUT2D eigenvalue weighted by Gasteiger charge is -2.34. The zero-order valence-electron chi connectivity index (χ0n) is 17.6. The number of fused-ring (bicyclic) bond motifs is 1. The van der Waals surface area contributed by atoms with Crippen molar-refractivity contribution < 1.29 is 14.3 Å². The number of piperazine rings is 1. The van der Waals surface area contributed by atoms with Crippen LogP contribution in [0.5, 0.6) is 5.75 Å². The van der Waals surface area contributed by atoms with E-state index < -0.39 is 0 Å². The molecule has 1 aliphatic rings. The molecular formula is C24H27BrN2O4. The molecule has 0 atom stereocenters. The fourth-order valence-electron chi connectivity index (χ4n) is 4.00. The minimum Gasteiger partial charge on any atom is -0.492 e. The highest BCUT2D eigenvalue weighted by atomic mass is 79.9. The summed E-state index contributed by atoms with van der Waals surface area (Å²) in [4.78, 5) is 17.7. The summed E-state index contributed by atoms with van der Waals surface area (Å²) in [6, 6.07) is 13.1. The Hall–Kier alpha value is -2.19. The molecule has 31 heavy (non-hydrogen) atoms. The quantitative estimate of drug-likeness (QED) is 0.551. The van der Waals surface area contributed by atoms with E-state index in [4.69, 9.17) is 14.3 Å². The Labute approximate surface area is 190 Å². The van der Waals surface area contributed by atoms with Crippen LogP contribution < -0.4 is 10.2 Å². The maximum atomic E-state index is 13.1. The minimum atomic E-state index is -0.0339. The third kappa shape index (κ3) is 5.18. The van der Waals surface area contributed by atoms with Gasteiger partial charge in [0, 0.05) is 49.8 Å². The fourth-order valence-corrected chi connectivity index (χ4v) is 4.26. The Balaban J connectivity index is 1.43. The van der Waals surface area contributed by atoms with E-state index in [0.717, 1.165) is 49.3 Å². The highest BCUT2D eigenvalue weighted by molar-refractivity contribution is 9.10. The van der Waals surface area contributed by atoms with Crippen LogP contribution in [0.1, 0.15) is 5.76 Å². The number of aliphatic hydroxyl groups excluding tert-OH is 1. The zero-order chi connectivity index (χ0) is 21.8. The van der Waals surface area contributed by atoms with Crippen molar-refractivity contribution in [2.45, 2.75) is 6.92 Å². The molecule has 7 heteroatoms. The Morgan fingerprint density at radius 2 is 1.71 bits per heavy atom. The Kier molecular flexibility index (Phi) is 7.07. The summed E-state index contributed by atoms with van der Waals surface area (Å²) in [5, 5.41) is 9.59. The molecule has 0 aliphatic carbocycles. The van der Waals surface area contributed by atoms with Crippen LogP contribution in [0.15, 0.2) is 56.1 Å². The molecule has 6 nitrogen and oxygen atoms in total. The molecule has 164 valence electrons. The van der Waals surface area contributed by atoms with Gasteiger partial charge in [0.1, 0.15) is 23.7 Å². The number of benzene rings is 2. The first kappa shape index (κ1) is 22.0. The smallest absolute Gasteiger partial charge is 0.200 e. The summed E-state index contributed by atoms with van der Waals surface area (Å²) < 4.78 is 12.9. The summed E-state index contributed by atoms with van der Waals surface area (Å²) in [5.74, 6) is 1.29. The molecule has 0 unspecified atom stereocenters. The van der Waals surface area contributed by atoms with Gasteiger partial charge in [0.2, 0.25) is 5.43 Å². The van der Waals surface area contributed by atoms with Gasteiger partial charge in [-0.2, -0.15) is 0 Å². The highest BCUT2D eigenvalue weighted by Gasteiger charge is 2.17. The molecule has 4 rings (SSSR count). The van der Waals surface area contributed by atoms with E-state index in [0.29, 0.717) is 34.6 Å². The van der Waals surface area contributed by atoms with Gasteiger partial charge >= 0.3 is 0 Å². The summed E-state index contributed by atoms with van der Waals surface area (Å²) in [7, 11) is 0. The van der Waals surface area contributed by atoms with E-state index >= 15 is 0 Å². The zero-order valence-corrected chi connectivity index (χ0v) is 19.2. The van der Waals surface area contributed by atoms with E-state index in [1.165, 1.54) is 0 Å². The number of hydrogen-bond donors (Lipinski definition) is 1. The van der Waals surface area contributed by atoms with Crippen molar-refractivity contribution >= 4 is 26.9 Å². The molecule has 0 saturated carbocycles. The first-order valence-corrected chi connectivity index (χ1v) is 11.4. The monoisotopic (exact) mass is 486 g/mol. The SMILES string of the molecule is Cc1oc2cc(OCCN3CCN(CCO)CC3)ccc2c(=O)c1-c1ccc(Br)cc1. The maximum absolute atomic E-state index is 13.1. The Morgan fingerprint density at radius 1 is 1.03 bits per heavy atom. The molecule has 2 heterocycles. The standard InChI is InChI=1S/C24H27BrN2O4/c1-17-23(18-2-4-19(25)5-3-18)24(29)21-7-6-20(16-22(21)31-17)30-15-13-27-10-8-26(9-11-27)12-14-28/h2-7,16,28H,8-15H2,1H3. The van der Waals surface area contributed by atoms with Crippen LogP contribution in [-0.4, -0.2) is 67.4 Å². The summed E-state index contributed by atoms with van der Waals surface area (Å²) >= 11 is 3.43. The lowest BCUT2D eigenvalue weighted by molar-refractivity contribution is 0.102. The Bertz CT molecular complexity index is 1090. The predicted molar refractivity (Wildman–Crippen MR) is 126 cm³/mol. The molecule has 1 saturated heterocycles. The van der Waals surface area contributed by atoms with Gasteiger partial charge in [0.05, 0.1) is 17.6 Å². The van der Waals surface area contributed by atoms with Gasteiger partial charge in [-0.25, -0.2) is 0 Å². The van der Waals surface area contributed by atoms with Crippen LogP contribution in [0.25, 0.3) is 22.1 Å². The molecule has 0 radical (unpaired) electrons.